The molecule has 0 bridgehead atoms. The molecule has 0 aromatic heterocycles. The standard InChI is InChI=1S/C15H20N2O2/c1-10-6-12-8-16-9-14(12)17(10)15(19)7-11-2-4-13(18)5-3-11/h2-5,10,12,14,16,18H,6-9H2,1H3. The van der Waals surface area contributed by atoms with Crippen LogP contribution in [0.5, 0.6) is 5.75 Å². The van der Waals surface area contributed by atoms with E-state index in [0.29, 0.717) is 24.4 Å². The summed E-state index contributed by atoms with van der Waals surface area (Å²) in [5.41, 5.74) is 0.962. The number of nitrogens with one attached hydrogen (secondary N) is 1. The van der Waals surface area contributed by atoms with Gasteiger partial charge in [-0.3, -0.25) is 4.79 Å². The van der Waals surface area contributed by atoms with Gasteiger partial charge in [0.1, 0.15) is 5.75 Å². The van der Waals surface area contributed by atoms with Crippen LogP contribution in [0.1, 0.15) is 18.9 Å². The molecule has 3 atom stereocenters. The molecule has 2 heterocycles. The first kappa shape index (κ1) is 12.5. The molecular weight excluding hydrogens is 240 g/mol. The molecule has 19 heavy (non-hydrogen) atoms. The van der Waals surface area contributed by atoms with E-state index in [1.54, 1.807) is 12.1 Å². The van der Waals surface area contributed by atoms with Crippen LogP contribution in [-0.4, -0.2) is 41.1 Å². The summed E-state index contributed by atoms with van der Waals surface area (Å²) in [4.78, 5) is 14.6. The first-order valence-electron chi connectivity index (χ1n) is 6.95. The van der Waals surface area contributed by atoms with Crippen molar-refractivity contribution in [3.05, 3.63) is 29.8 Å². The predicted octanol–water partition coefficient (Wildman–Crippen LogP) is 1.14. The first-order valence-corrected chi connectivity index (χ1v) is 6.95. The van der Waals surface area contributed by atoms with E-state index >= 15 is 0 Å². The highest BCUT2D eigenvalue weighted by molar-refractivity contribution is 5.80. The van der Waals surface area contributed by atoms with Crippen molar-refractivity contribution in [1.82, 2.24) is 10.2 Å². The van der Waals surface area contributed by atoms with Crippen LogP contribution >= 0.6 is 0 Å². The summed E-state index contributed by atoms with van der Waals surface area (Å²) in [6, 6.07) is 7.63. The number of hydrogen-bond donors (Lipinski definition) is 2. The number of fused-ring (bicyclic) bond motifs is 1. The minimum absolute atomic E-state index is 0.203. The summed E-state index contributed by atoms with van der Waals surface area (Å²) in [5.74, 6) is 1.07. The molecule has 2 saturated heterocycles. The van der Waals surface area contributed by atoms with E-state index in [-0.39, 0.29) is 11.7 Å². The molecule has 0 spiro atoms. The van der Waals surface area contributed by atoms with Crippen LogP contribution in [-0.2, 0) is 11.2 Å². The lowest BCUT2D eigenvalue weighted by molar-refractivity contribution is -0.133. The number of rotatable bonds is 2. The summed E-state index contributed by atoms with van der Waals surface area (Å²) in [6.45, 7) is 4.11. The first-order chi connectivity index (χ1) is 9.15. The zero-order valence-electron chi connectivity index (χ0n) is 11.2. The van der Waals surface area contributed by atoms with Gasteiger partial charge in [0, 0.05) is 25.2 Å². The number of phenolic OH excluding ortho intramolecular Hbond substituents is 1. The average molecular weight is 260 g/mol. The van der Waals surface area contributed by atoms with Crippen LogP contribution in [0, 0.1) is 5.92 Å². The number of phenols is 1. The van der Waals surface area contributed by atoms with Crippen LogP contribution in [0.4, 0.5) is 0 Å². The fourth-order valence-electron chi connectivity index (χ4n) is 3.47. The molecule has 4 nitrogen and oxygen atoms in total. The largest absolute Gasteiger partial charge is 0.508 e. The maximum Gasteiger partial charge on any atom is 0.227 e. The molecule has 1 amide bonds. The van der Waals surface area contributed by atoms with E-state index in [9.17, 15) is 9.90 Å². The molecule has 102 valence electrons. The van der Waals surface area contributed by atoms with E-state index in [1.807, 2.05) is 12.1 Å². The highest BCUT2D eigenvalue weighted by Gasteiger charge is 2.43. The number of benzene rings is 1. The van der Waals surface area contributed by atoms with Gasteiger partial charge in [-0.25, -0.2) is 0 Å². The molecule has 0 aliphatic carbocycles. The quantitative estimate of drug-likeness (QED) is 0.838. The maximum absolute atomic E-state index is 12.5. The summed E-state index contributed by atoms with van der Waals surface area (Å²) < 4.78 is 0. The lowest BCUT2D eigenvalue weighted by atomic mass is 10.0. The number of carbonyl (C=O) groups is 1. The molecule has 2 fully saturated rings. The van der Waals surface area contributed by atoms with Gasteiger partial charge in [0.05, 0.1) is 6.42 Å². The topological polar surface area (TPSA) is 52.6 Å². The number of nitrogens with zero attached hydrogens (tertiary/aromatic N) is 1. The van der Waals surface area contributed by atoms with Crippen molar-refractivity contribution in [3.63, 3.8) is 0 Å². The Bertz CT molecular complexity index is 472. The molecule has 4 heteroatoms. The van der Waals surface area contributed by atoms with Crippen LogP contribution in [0.3, 0.4) is 0 Å². The summed E-state index contributed by atoms with van der Waals surface area (Å²) in [6.07, 6.45) is 1.53. The Hall–Kier alpha value is -1.55. The minimum atomic E-state index is 0.203. The molecule has 0 saturated carbocycles. The number of hydrogen-bond acceptors (Lipinski definition) is 3. The number of aromatic hydroxyl groups is 1. The molecule has 1 aromatic carbocycles. The van der Waals surface area contributed by atoms with Gasteiger partial charge >= 0.3 is 0 Å². The lowest BCUT2D eigenvalue weighted by Gasteiger charge is -2.27. The molecule has 0 radical (unpaired) electrons. The van der Waals surface area contributed by atoms with Gasteiger partial charge in [-0.2, -0.15) is 0 Å². The van der Waals surface area contributed by atoms with Gasteiger partial charge < -0.3 is 15.3 Å². The molecular formula is C15H20N2O2. The zero-order chi connectivity index (χ0) is 13.4. The highest BCUT2D eigenvalue weighted by atomic mass is 16.3. The second-order valence-corrected chi connectivity index (χ2v) is 5.71. The second-order valence-electron chi connectivity index (χ2n) is 5.71. The Morgan fingerprint density at radius 2 is 2.11 bits per heavy atom. The number of carbonyl (C=O) groups excluding carboxylic acids is 1. The molecule has 1 aromatic rings. The van der Waals surface area contributed by atoms with Crippen LogP contribution in [0.2, 0.25) is 0 Å². The van der Waals surface area contributed by atoms with Crippen molar-refractivity contribution in [2.24, 2.45) is 5.92 Å². The van der Waals surface area contributed by atoms with E-state index < -0.39 is 0 Å². The Labute approximate surface area is 113 Å². The van der Waals surface area contributed by atoms with E-state index in [1.165, 1.54) is 0 Å². The fraction of sp³-hybridized carbons (Fsp3) is 0.533. The average Bonchev–Trinajstić information content (AvgIpc) is 2.91. The Morgan fingerprint density at radius 3 is 2.84 bits per heavy atom. The number of amides is 1. The van der Waals surface area contributed by atoms with E-state index in [0.717, 1.165) is 25.1 Å². The summed E-state index contributed by atoms with van der Waals surface area (Å²) in [5, 5.41) is 12.6. The van der Waals surface area contributed by atoms with Crippen LogP contribution < -0.4 is 5.32 Å². The Balaban J connectivity index is 1.71. The third kappa shape index (κ3) is 2.32. The van der Waals surface area contributed by atoms with Crippen LogP contribution in [0.25, 0.3) is 0 Å². The van der Waals surface area contributed by atoms with Crippen molar-refractivity contribution in [2.45, 2.75) is 31.8 Å². The van der Waals surface area contributed by atoms with Gasteiger partial charge in [0.2, 0.25) is 5.91 Å². The molecule has 3 unspecified atom stereocenters. The minimum Gasteiger partial charge on any atom is -0.508 e. The van der Waals surface area contributed by atoms with Gasteiger partial charge in [0.15, 0.2) is 0 Å². The fourth-order valence-corrected chi connectivity index (χ4v) is 3.47. The molecule has 2 aliphatic rings. The lowest BCUT2D eigenvalue weighted by Crippen LogP contribution is -2.43. The Morgan fingerprint density at radius 1 is 1.37 bits per heavy atom. The third-order valence-electron chi connectivity index (χ3n) is 4.36. The zero-order valence-corrected chi connectivity index (χ0v) is 11.2. The Kier molecular flexibility index (Phi) is 3.19. The smallest absolute Gasteiger partial charge is 0.227 e. The van der Waals surface area contributed by atoms with E-state index in [2.05, 4.69) is 17.1 Å². The maximum atomic E-state index is 12.5. The number of likely N-dealkylation sites (tertiary alicyclic amines) is 1. The predicted molar refractivity (Wildman–Crippen MR) is 72.9 cm³/mol. The van der Waals surface area contributed by atoms with Crippen molar-refractivity contribution >= 4 is 5.91 Å². The normalized spacial score (nSPS) is 29.5. The van der Waals surface area contributed by atoms with E-state index in [4.69, 9.17) is 0 Å². The van der Waals surface area contributed by atoms with Crippen molar-refractivity contribution < 1.29 is 9.90 Å². The summed E-state index contributed by atoms with van der Waals surface area (Å²) >= 11 is 0. The van der Waals surface area contributed by atoms with Gasteiger partial charge in [0.25, 0.3) is 0 Å². The van der Waals surface area contributed by atoms with Gasteiger partial charge in [-0.15, -0.1) is 0 Å². The molecule has 2 N–H and O–H groups in total. The van der Waals surface area contributed by atoms with Crippen molar-refractivity contribution in [1.29, 1.82) is 0 Å². The van der Waals surface area contributed by atoms with Crippen molar-refractivity contribution in [3.8, 4) is 5.75 Å². The van der Waals surface area contributed by atoms with Crippen LogP contribution in [0.15, 0.2) is 24.3 Å². The highest BCUT2D eigenvalue weighted by Crippen LogP contribution is 2.32. The summed E-state index contributed by atoms with van der Waals surface area (Å²) in [7, 11) is 0. The molecule has 2 aliphatic heterocycles. The third-order valence-corrected chi connectivity index (χ3v) is 4.36. The second kappa shape index (κ2) is 4.85. The van der Waals surface area contributed by atoms with Crippen molar-refractivity contribution in [2.75, 3.05) is 13.1 Å². The monoisotopic (exact) mass is 260 g/mol. The SMILES string of the molecule is CC1CC2CNCC2N1C(=O)Cc1ccc(O)cc1. The van der Waals surface area contributed by atoms with Gasteiger partial charge in [-0.05, 0) is 37.0 Å². The van der Waals surface area contributed by atoms with Gasteiger partial charge in [-0.1, -0.05) is 12.1 Å². The molecule has 3 rings (SSSR count).